The maximum atomic E-state index is 11.1. The average molecular weight is 172 g/mol. The first kappa shape index (κ1) is 11.4. The molecular formula is C9H20N2O. The molecule has 3 N–H and O–H groups in total. The molecule has 0 fully saturated rings. The Balaban J connectivity index is 3.76. The van der Waals surface area contributed by atoms with E-state index in [9.17, 15) is 4.79 Å². The Hall–Kier alpha value is -0.570. The molecule has 3 heteroatoms. The second-order valence-corrected chi connectivity index (χ2v) is 4.02. The van der Waals surface area contributed by atoms with E-state index in [-0.39, 0.29) is 11.3 Å². The van der Waals surface area contributed by atoms with Gasteiger partial charge in [-0.05, 0) is 18.8 Å². The summed E-state index contributed by atoms with van der Waals surface area (Å²) in [6.07, 6.45) is 1.05. The second-order valence-electron chi connectivity index (χ2n) is 4.02. The van der Waals surface area contributed by atoms with Gasteiger partial charge in [-0.25, -0.2) is 0 Å². The SMILES string of the molecule is CCC(C)(C)CNC(=O)[C@@H](C)N. The van der Waals surface area contributed by atoms with Gasteiger partial charge in [0.25, 0.3) is 0 Å². The van der Waals surface area contributed by atoms with Crippen molar-refractivity contribution in [1.29, 1.82) is 0 Å². The molecule has 0 saturated carbocycles. The number of hydrogen-bond donors (Lipinski definition) is 2. The summed E-state index contributed by atoms with van der Waals surface area (Å²) in [5.41, 5.74) is 5.57. The molecule has 1 amide bonds. The molecule has 0 aliphatic heterocycles. The van der Waals surface area contributed by atoms with Gasteiger partial charge in [-0.1, -0.05) is 20.8 Å². The lowest BCUT2D eigenvalue weighted by atomic mass is 9.90. The van der Waals surface area contributed by atoms with E-state index >= 15 is 0 Å². The molecule has 0 aromatic heterocycles. The van der Waals surface area contributed by atoms with Gasteiger partial charge in [0, 0.05) is 6.54 Å². The van der Waals surface area contributed by atoms with Gasteiger partial charge in [-0.2, -0.15) is 0 Å². The molecule has 72 valence electrons. The summed E-state index contributed by atoms with van der Waals surface area (Å²) in [5.74, 6) is -0.0727. The van der Waals surface area contributed by atoms with E-state index in [1.54, 1.807) is 6.92 Å². The van der Waals surface area contributed by atoms with Crippen molar-refractivity contribution in [2.45, 2.75) is 40.2 Å². The minimum Gasteiger partial charge on any atom is -0.354 e. The Morgan fingerprint density at radius 3 is 2.42 bits per heavy atom. The van der Waals surface area contributed by atoms with E-state index < -0.39 is 6.04 Å². The van der Waals surface area contributed by atoms with Crippen LogP contribution < -0.4 is 11.1 Å². The van der Waals surface area contributed by atoms with Crippen LogP contribution in [0.5, 0.6) is 0 Å². The third-order valence-electron chi connectivity index (χ3n) is 2.11. The summed E-state index contributed by atoms with van der Waals surface area (Å²) in [6, 6.07) is -0.405. The normalized spacial score (nSPS) is 14.1. The molecule has 0 aromatic rings. The number of amides is 1. The van der Waals surface area contributed by atoms with Crippen molar-refractivity contribution in [2.75, 3.05) is 6.54 Å². The van der Waals surface area contributed by atoms with Crippen molar-refractivity contribution in [2.24, 2.45) is 11.1 Å². The molecule has 0 saturated heterocycles. The third-order valence-corrected chi connectivity index (χ3v) is 2.11. The number of nitrogens with one attached hydrogen (secondary N) is 1. The summed E-state index contributed by atoms with van der Waals surface area (Å²) < 4.78 is 0. The Bertz CT molecular complexity index is 153. The van der Waals surface area contributed by atoms with Crippen molar-refractivity contribution in [1.82, 2.24) is 5.32 Å². The fourth-order valence-electron chi connectivity index (χ4n) is 0.612. The van der Waals surface area contributed by atoms with Crippen LogP contribution in [0.2, 0.25) is 0 Å². The molecule has 0 aliphatic rings. The first-order chi connectivity index (χ1) is 5.39. The quantitative estimate of drug-likeness (QED) is 0.661. The maximum Gasteiger partial charge on any atom is 0.236 e. The number of carbonyl (C=O) groups excluding carboxylic acids is 1. The first-order valence-electron chi connectivity index (χ1n) is 4.42. The van der Waals surface area contributed by atoms with Crippen LogP contribution in [0.4, 0.5) is 0 Å². The van der Waals surface area contributed by atoms with Crippen LogP contribution in [0, 0.1) is 5.41 Å². The van der Waals surface area contributed by atoms with Crippen LogP contribution >= 0.6 is 0 Å². The van der Waals surface area contributed by atoms with Crippen LogP contribution in [-0.2, 0) is 4.79 Å². The predicted molar refractivity (Wildman–Crippen MR) is 50.7 cm³/mol. The predicted octanol–water partition coefficient (Wildman–Crippen LogP) is 0.886. The summed E-state index contributed by atoms with van der Waals surface area (Å²) in [7, 11) is 0. The van der Waals surface area contributed by atoms with Gasteiger partial charge in [-0.3, -0.25) is 4.79 Å². The summed E-state index contributed by atoms with van der Waals surface area (Å²) >= 11 is 0. The first-order valence-corrected chi connectivity index (χ1v) is 4.42. The Morgan fingerprint density at radius 2 is 2.08 bits per heavy atom. The fraction of sp³-hybridized carbons (Fsp3) is 0.889. The van der Waals surface area contributed by atoms with Gasteiger partial charge < -0.3 is 11.1 Å². The van der Waals surface area contributed by atoms with Crippen LogP contribution in [-0.4, -0.2) is 18.5 Å². The summed E-state index contributed by atoms with van der Waals surface area (Å²) in [5, 5.41) is 2.81. The zero-order chi connectivity index (χ0) is 9.78. The van der Waals surface area contributed by atoms with Gasteiger partial charge >= 0.3 is 0 Å². The number of carbonyl (C=O) groups is 1. The Labute approximate surface area is 74.7 Å². The summed E-state index contributed by atoms with van der Waals surface area (Å²) in [6.45, 7) is 8.74. The molecule has 0 aromatic carbocycles. The van der Waals surface area contributed by atoms with E-state index in [2.05, 4.69) is 26.1 Å². The van der Waals surface area contributed by atoms with Crippen molar-refractivity contribution in [3.8, 4) is 0 Å². The van der Waals surface area contributed by atoms with E-state index in [0.29, 0.717) is 6.54 Å². The molecule has 0 unspecified atom stereocenters. The lowest BCUT2D eigenvalue weighted by Crippen LogP contribution is -2.42. The molecule has 0 heterocycles. The van der Waals surface area contributed by atoms with Crippen molar-refractivity contribution in [3.63, 3.8) is 0 Å². The lowest BCUT2D eigenvalue weighted by Gasteiger charge is -2.23. The average Bonchev–Trinajstić information content (AvgIpc) is 2.00. The lowest BCUT2D eigenvalue weighted by molar-refractivity contribution is -0.122. The number of nitrogens with two attached hydrogens (primary N) is 1. The van der Waals surface area contributed by atoms with Crippen LogP contribution in [0.25, 0.3) is 0 Å². The zero-order valence-corrected chi connectivity index (χ0v) is 8.48. The second kappa shape index (κ2) is 4.45. The number of rotatable bonds is 4. The molecule has 1 atom stereocenters. The molecule has 0 aliphatic carbocycles. The third kappa shape index (κ3) is 4.34. The molecule has 0 rings (SSSR count). The summed E-state index contributed by atoms with van der Waals surface area (Å²) in [4.78, 5) is 11.1. The molecule has 12 heavy (non-hydrogen) atoms. The molecule has 3 nitrogen and oxygen atoms in total. The molecular weight excluding hydrogens is 152 g/mol. The van der Waals surface area contributed by atoms with Crippen molar-refractivity contribution >= 4 is 5.91 Å². The smallest absolute Gasteiger partial charge is 0.236 e. The van der Waals surface area contributed by atoms with Crippen LogP contribution in [0.15, 0.2) is 0 Å². The van der Waals surface area contributed by atoms with Gasteiger partial charge in [0.05, 0.1) is 6.04 Å². The van der Waals surface area contributed by atoms with E-state index in [4.69, 9.17) is 5.73 Å². The Morgan fingerprint density at radius 1 is 1.58 bits per heavy atom. The monoisotopic (exact) mass is 172 g/mol. The molecule has 0 spiro atoms. The van der Waals surface area contributed by atoms with Crippen LogP contribution in [0.3, 0.4) is 0 Å². The van der Waals surface area contributed by atoms with E-state index in [0.717, 1.165) is 6.42 Å². The van der Waals surface area contributed by atoms with Crippen LogP contribution in [0.1, 0.15) is 34.1 Å². The fourth-order valence-corrected chi connectivity index (χ4v) is 0.612. The highest BCUT2D eigenvalue weighted by Crippen LogP contribution is 2.17. The Kier molecular flexibility index (Phi) is 4.24. The van der Waals surface area contributed by atoms with Gasteiger partial charge in [0.1, 0.15) is 0 Å². The van der Waals surface area contributed by atoms with Gasteiger partial charge in [0.15, 0.2) is 0 Å². The largest absolute Gasteiger partial charge is 0.354 e. The highest BCUT2D eigenvalue weighted by molar-refractivity contribution is 5.80. The van der Waals surface area contributed by atoms with Gasteiger partial charge in [-0.15, -0.1) is 0 Å². The van der Waals surface area contributed by atoms with Crippen molar-refractivity contribution in [3.05, 3.63) is 0 Å². The topological polar surface area (TPSA) is 55.1 Å². The van der Waals surface area contributed by atoms with Crippen molar-refractivity contribution < 1.29 is 4.79 Å². The minimum atomic E-state index is -0.405. The zero-order valence-electron chi connectivity index (χ0n) is 8.48. The maximum absolute atomic E-state index is 11.1. The minimum absolute atomic E-state index is 0.0727. The van der Waals surface area contributed by atoms with Gasteiger partial charge in [0.2, 0.25) is 5.91 Å². The highest BCUT2D eigenvalue weighted by atomic mass is 16.2. The molecule has 0 bridgehead atoms. The highest BCUT2D eigenvalue weighted by Gasteiger charge is 2.16. The number of hydrogen-bond acceptors (Lipinski definition) is 2. The standard InChI is InChI=1S/C9H20N2O/c1-5-9(3,4)6-11-8(12)7(2)10/h7H,5-6,10H2,1-4H3,(H,11,12)/t7-/m1/s1. The molecule has 0 radical (unpaired) electrons. The van der Waals surface area contributed by atoms with E-state index in [1.165, 1.54) is 0 Å². The van der Waals surface area contributed by atoms with E-state index in [1.807, 2.05) is 0 Å².